The van der Waals surface area contributed by atoms with E-state index in [-0.39, 0.29) is 24.1 Å². The fraction of sp³-hybridized carbons (Fsp3) is 0.250. The van der Waals surface area contributed by atoms with Crippen LogP contribution in [0.15, 0.2) is 46.9 Å². The van der Waals surface area contributed by atoms with E-state index in [9.17, 15) is 9.59 Å². The monoisotopic (exact) mass is 367 g/mol. The van der Waals surface area contributed by atoms with Crippen LogP contribution in [0.5, 0.6) is 5.75 Å². The molecule has 0 radical (unpaired) electrons. The molecule has 0 spiro atoms. The van der Waals surface area contributed by atoms with E-state index in [1.54, 1.807) is 41.1 Å². The minimum Gasteiger partial charge on any atom is -0.486 e. The molecule has 0 unspecified atom stereocenters. The number of aryl methyl sites for hydroxylation is 2. The molecule has 27 heavy (non-hydrogen) atoms. The lowest BCUT2D eigenvalue weighted by Crippen LogP contribution is -2.23. The zero-order valence-corrected chi connectivity index (χ0v) is 15.5. The SMILES string of the molecule is CC(=O)c1ccc(OCc2ccc(C(=O)NCc3cc(C)nn3C)o2)cc1. The van der Waals surface area contributed by atoms with Gasteiger partial charge in [0.05, 0.1) is 17.9 Å². The summed E-state index contributed by atoms with van der Waals surface area (Å²) in [4.78, 5) is 23.5. The average molecular weight is 367 g/mol. The first kappa shape index (κ1) is 18.4. The van der Waals surface area contributed by atoms with Crippen molar-refractivity contribution in [1.82, 2.24) is 15.1 Å². The smallest absolute Gasteiger partial charge is 0.287 e. The molecule has 0 aliphatic carbocycles. The number of ketones is 1. The van der Waals surface area contributed by atoms with Gasteiger partial charge >= 0.3 is 0 Å². The standard InChI is InChI=1S/C20H21N3O4/c1-13-10-16(23(3)22-13)11-21-20(25)19-9-8-18(27-19)12-26-17-6-4-15(5-7-17)14(2)24/h4-10H,11-12H2,1-3H3,(H,21,25). The molecule has 7 nitrogen and oxygen atoms in total. The van der Waals surface area contributed by atoms with Gasteiger partial charge in [0.25, 0.3) is 5.91 Å². The number of carbonyl (C=O) groups is 2. The molecule has 0 bridgehead atoms. The van der Waals surface area contributed by atoms with E-state index >= 15 is 0 Å². The predicted octanol–water partition coefficient (Wildman–Crippen LogP) is 3.03. The Balaban J connectivity index is 1.53. The normalized spacial score (nSPS) is 10.6. The quantitative estimate of drug-likeness (QED) is 0.649. The van der Waals surface area contributed by atoms with Gasteiger partial charge in [-0.15, -0.1) is 0 Å². The van der Waals surface area contributed by atoms with Crippen LogP contribution in [0.25, 0.3) is 0 Å². The second-order valence-corrected chi connectivity index (χ2v) is 6.22. The summed E-state index contributed by atoms with van der Waals surface area (Å²) in [6, 6.07) is 12.1. The van der Waals surface area contributed by atoms with E-state index in [4.69, 9.17) is 9.15 Å². The zero-order chi connectivity index (χ0) is 19.4. The molecule has 3 rings (SSSR count). The largest absolute Gasteiger partial charge is 0.486 e. The fourth-order valence-corrected chi connectivity index (χ4v) is 2.61. The van der Waals surface area contributed by atoms with Crippen molar-refractivity contribution in [3.63, 3.8) is 0 Å². The maximum atomic E-state index is 12.2. The minimum atomic E-state index is -0.300. The van der Waals surface area contributed by atoms with Crippen molar-refractivity contribution in [3.05, 3.63) is 70.9 Å². The number of carbonyl (C=O) groups excluding carboxylic acids is 2. The maximum Gasteiger partial charge on any atom is 0.287 e. The third kappa shape index (κ3) is 4.63. The number of nitrogens with zero attached hydrogens (tertiary/aromatic N) is 2. The predicted molar refractivity (Wildman–Crippen MR) is 98.6 cm³/mol. The van der Waals surface area contributed by atoms with Crippen molar-refractivity contribution >= 4 is 11.7 Å². The minimum absolute atomic E-state index is 0.00419. The summed E-state index contributed by atoms with van der Waals surface area (Å²) < 4.78 is 12.9. The second-order valence-electron chi connectivity index (χ2n) is 6.22. The second kappa shape index (κ2) is 7.90. The van der Waals surface area contributed by atoms with Crippen LogP contribution in [0, 0.1) is 6.92 Å². The van der Waals surface area contributed by atoms with E-state index in [2.05, 4.69) is 10.4 Å². The van der Waals surface area contributed by atoms with E-state index < -0.39 is 0 Å². The van der Waals surface area contributed by atoms with Crippen molar-refractivity contribution < 1.29 is 18.7 Å². The van der Waals surface area contributed by atoms with E-state index in [0.717, 1.165) is 11.4 Å². The van der Waals surface area contributed by atoms with Gasteiger partial charge in [0, 0.05) is 12.6 Å². The van der Waals surface area contributed by atoms with Crippen LogP contribution in [-0.2, 0) is 20.2 Å². The fourth-order valence-electron chi connectivity index (χ4n) is 2.61. The summed E-state index contributed by atoms with van der Waals surface area (Å²) in [5, 5.41) is 7.05. The molecule has 7 heteroatoms. The lowest BCUT2D eigenvalue weighted by molar-refractivity contribution is 0.0917. The number of benzene rings is 1. The van der Waals surface area contributed by atoms with E-state index in [1.165, 1.54) is 6.92 Å². The van der Waals surface area contributed by atoms with Crippen molar-refractivity contribution in [2.24, 2.45) is 7.05 Å². The molecule has 1 amide bonds. The number of furan rings is 1. The molecule has 3 aromatic rings. The molecule has 140 valence electrons. The van der Waals surface area contributed by atoms with Crippen LogP contribution < -0.4 is 10.1 Å². The molecule has 1 aromatic carbocycles. The summed E-state index contributed by atoms with van der Waals surface area (Å²) in [6.07, 6.45) is 0. The van der Waals surface area contributed by atoms with Crippen LogP contribution in [-0.4, -0.2) is 21.5 Å². The number of Topliss-reactive ketones (excluding diaryl/α,β-unsaturated/α-hetero) is 1. The first-order chi connectivity index (χ1) is 12.9. The van der Waals surface area contributed by atoms with Crippen molar-refractivity contribution in [3.8, 4) is 5.75 Å². The lowest BCUT2D eigenvalue weighted by Gasteiger charge is -2.05. The van der Waals surface area contributed by atoms with Gasteiger partial charge in [-0.3, -0.25) is 14.3 Å². The molecular formula is C20H21N3O4. The molecule has 0 saturated heterocycles. The summed E-state index contributed by atoms with van der Waals surface area (Å²) in [5.41, 5.74) is 2.43. The van der Waals surface area contributed by atoms with Crippen LogP contribution in [0.3, 0.4) is 0 Å². The molecule has 0 saturated carbocycles. The molecule has 0 aliphatic rings. The van der Waals surface area contributed by atoms with Crippen LogP contribution in [0.1, 0.15) is 45.0 Å². The van der Waals surface area contributed by atoms with Crippen LogP contribution in [0.2, 0.25) is 0 Å². The molecule has 0 aliphatic heterocycles. The van der Waals surface area contributed by atoms with Crippen molar-refractivity contribution in [2.75, 3.05) is 0 Å². The summed E-state index contributed by atoms with van der Waals surface area (Å²) >= 11 is 0. The zero-order valence-electron chi connectivity index (χ0n) is 15.5. The molecule has 1 N–H and O–H groups in total. The van der Waals surface area contributed by atoms with Crippen molar-refractivity contribution in [2.45, 2.75) is 27.0 Å². The summed E-state index contributed by atoms with van der Waals surface area (Å²) in [7, 11) is 1.83. The van der Waals surface area contributed by atoms with Gasteiger partial charge in [-0.1, -0.05) is 0 Å². The molecule has 2 aromatic heterocycles. The van der Waals surface area contributed by atoms with E-state index in [0.29, 0.717) is 23.6 Å². The van der Waals surface area contributed by atoms with Crippen LogP contribution >= 0.6 is 0 Å². The van der Waals surface area contributed by atoms with Crippen molar-refractivity contribution in [1.29, 1.82) is 0 Å². The molecular weight excluding hydrogens is 346 g/mol. The highest BCUT2D eigenvalue weighted by molar-refractivity contribution is 5.94. The number of hydrogen-bond donors (Lipinski definition) is 1. The third-order valence-corrected chi connectivity index (χ3v) is 4.06. The number of aromatic nitrogens is 2. The topological polar surface area (TPSA) is 86.4 Å². The highest BCUT2D eigenvalue weighted by Crippen LogP contribution is 2.16. The van der Waals surface area contributed by atoms with Gasteiger partial charge < -0.3 is 14.5 Å². The Morgan fingerprint density at radius 2 is 1.93 bits per heavy atom. The van der Waals surface area contributed by atoms with Gasteiger partial charge in [-0.25, -0.2) is 0 Å². The van der Waals surface area contributed by atoms with Gasteiger partial charge in [0.15, 0.2) is 11.5 Å². The first-order valence-corrected chi connectivity index (χ1v) is 8.52. The van der Waals surface area contributed by atoms with Crippen LogP contribution in [0.4, 0.5) is 0 Å². The Morgan fingerprint density at radius 1 is 1.19 bits per heavy atom. The Hall–Kier alpha value is -3.35. The number of ether oxygens (including phenoxy) is 1. The Labute approximate surface area is 156 Å². The van der Waals surface area contributed by atoms with Gasteiger partial charge in [0.1, 0.15) is 18.1 Å². The Kier molecular flexibility index (Phi) is 5.40. The first-order valence-electron chi connectivity index (χ1n) is 8.52. The Bertz CT molecular complexity index is 954. The number of amides is 1. The lowest BCUT2D eigenvalue weighted by atomic mass is 10.1. The van der Waals surface area contributed by atoms with E-state index in [1.807, 2.05) is 20.0 Å². The number of rotatable bonds is 7. The summed E-state index contributed by atoms with van der Waals surface area (Å²) in [6.45, 7) is 3.97. The third-order valence-electron chi connectivity index (χ3n) is 4.06. The summed E-state index contributed by atoms with van der Waals surface area (Å²) in [5.74, 6) is 1.08. The van der Waals surface area contributed by atoms with Gasteiger partial charge in [-0.05, 0) is 56.3 Å². The maximum absolute atomic E-state index is 12.2. The Morgan fingerprint density at radius 3 is 2.56 bits per heavy atom. The average Bonchev–Trinajstić information content (AvgIpc) is 3.24. The molecule has 0 fully saturated rings. The highest BCUT2D eigenvalue weighted by Gasteiger charge is 2.12. The molecule has 0 atom stereocenters. The van der Waals surface area contributed by atoms with Gasteiger partial charge in [0.2, 0.25) is 0 Å². The van der Waals surface area contributed by atoms with Gasteiger partial charge in [-0.2, -0.15) is 5.10 Å². The number of nitrogens with one attached hydrogen (secondary N) is 1. The highest BCUT2D eigenvalue weighted by atomic mass is 16.5. The number of hydrogen-bond acceptors (Lipinski definition) is 5. The molecule has 2 heterocycles.